The molecule has 5 heteroatoms. The monoisotopic (exact) mass is 285 g/mol. The summed E-state index contributed by atoms with van der Waals surface area (Å²) in [6, 6.07) is 11.2. The summed E-state index contributed by atoms with van der Waals surface area (Å²) in [6.45, 7) is 1.09. The van der Waals surface area contributed by atoms with Crippen LogP contribution in [-0.2, 0) is 0 Å². The summed E-state index contributed by atoms with van der Waals surface area (Å²) in [5.41, 5.74) is 6.91. The topological polar surface area (TPSA) is 68.5 Å². The first-order chi connectivity index (χ1) is 10.3. The highest BCUT2D eigenvalue weighted by atomic mass is 16.5. The summed E-state index contributed by atoms with van der Waals surface area (Å²) in [5.74, 6) is 0.352. The molecule has 0 saturated carbocycles. The molecule has 0 aliphatic heterocycles. The molecule has 1 aromatic carbocycles. The Morgan fingerprint density at radius 3 is 2.71 bits per heavy atom. The first-order valence-electron chi connectivity index (χ1n) is 6.83. The van der Waals surface area contributed by atoms with E-state index in [2.05, 4.69) is 4.98 Å². The molecule has 0 bridgehead atoms. The molecule has 0 unspecified atom stereocenters. The van der Waals surface area contributed by atoms with Crippen molar-refractivity contribution in [3.8, 4) is 5.75 Å². The van der Waals surface area contributed by atoms with Crippen molar-refractivity contribution in [3.05, 3.63) is 54.4 Å². The number of methoxy groups -OCH3 is 1. The van der Waals surface area contributed by atoms with Crippen molar-refractivity contribution < 1.29 is 9.53 Å². The fourth-order valence-electron chi connectivity index (χ4n) is 2.07. The molecular weight excluding hydrogens is 266 g/mol. The second-order valence-corrected chi connectivity index (χ2v) is 4.51. The molecule has 0 radical (unpaired) electrons. The molecule has 5 nitrogen and oxygen atoms in total. The van der Waals surface area contributed by atoms with Gasteiger partial charge in [-0.15, -0.1) is 0 Å². The number of benzene rings is 1. The third kappa shape index (κ3) is 3.58. The molecule has 0 aliphatic rings. The van der Waals surface area contributed by atoms with Gasteiger partial charge >= 0.3 is 0 Å². The number of hydrogen-bond acceptors (Lipinski definition) is 4. The van der Waals surface area contributed by atoms with Crippen molar-refractivity contribution in [1.82, 2.24) is 4.98 Å². The zero-order valence-electron chi connectivity index (χ0n) is 12.0. The molecule has 0 spiro atoms. The average Bonchev–Trinajstić information content (AvgIpc) is 2.56. The van der Waals surface area contributed by atoms with Crippen LogP contribution in [0.15, 0.2) is 48.8 Å². The van der Waals surface area contributed by atoms with Crippen molar-refractivity contribution in [2.24, 2.45) is 5.73 Å². The largest absolute Gasteiger partial charge is 0.494 e. The number of aromatic nitrogens is 1. The van der Waals surface area contributed by atoms with Crippen LogP contribution in [0.4, 0.5) is 5.69 Å². The Kier molecular flexibility index (Phi) is 5.29. The number of hydrogen-bond donors (Lipinski definition) is 1. The van der Waals surface area contributed by atoms with Gasteiger partial charge in [0.2, 0.25) is 0 Å². The van der Waals surface area contributed by atoms with E-state index in [-0.39, 0.29) is 5.91 Å². The van der Waals surface area contributed by atoms with Crippen LogP contribution in [0.3, 0.4) is 0 Å². The molecule has 2 rings (SSSR count). The SMILES string of the molecule is COc1cnccc1C(=O)N(CCCN)c1ccccc1. The summed E-state index contributed by atoms with van der Waals surface area (Å²) in [7, 11) is 1.53. The standard InChI is InChI=1S/C16H19N3O2/c1-21-15-12-18-10-8-14(15)16(20)19(11-5-9-17)13-6-3-2-4-7-13/h2-4,6-8,10,12H,5,9,11,17H2,1H3. The maximum Gasteiger partial charge on any atom is 0.262 e. The van der Waals surface area contributed by atoms with Gasteiger partial charge < -0.3 is 15.4 Å². The fraction of sp³-hybridized carbons (Fsp3) is 0.250. The van der Waals surface area contributed by atoms with Crippen LogP contribution in [0, 0.1) is 0 Å². The number of nitrogens with zero attached hydrogens (tertiary/aromatic N) is 2. The Morgan fingerprint density at radius 1 is 1.29 bits per heavy atom. The Bertz CT molecular complexity index is 587. The molecule has 21 heavy (non-hydrogen) atoms. The molecule has 1 heterocycles. The number of amides is 1. The number of rotatable bonds is 6. The predicted octanol–water partition coefficient (Wildman–Crippen LogP) is 2.09. The van der Waals surface area contributed by atoms with Gasteiger partial charge in [-0.05, 0) is 31.2 Å². The highest BCUT2D eigenvalue weighted by Crippen LogP contribution is 2.22. The number of nitrogens with two attached hydrogens (primary N) is 1. The average molecular weight is 285 g/mol. The third-order valence-electron chi connectivity index (χ3n) is 3.13. The van der Waals surface area contributed by atoms with Crippen molar-refractivity contribution in [1.29, 1.82) is 0 Å². The molecule has 1 amide bonds. The first kappa shape index (κ1) is 15.0. The van der Waals surface area contributed by atoms with Gasteiger partial charge in [0.1, 0.15) is 5.75 Å². The zero-order valence-corrected chi connectivity index (χ0v) is 12.0. The van der Waals surface area contributed by atoms with Gasteiger partial charge in [-0.2, -0.15) is 0 Å². The lowest BCUT2D eigenvalue weighted by Gasteiger charge is -2.23. The van der Waals surface area contributed by atoms with E-state index < -0.39 is 0 Å². The van der Waals surface area contributed by atoms with E-state index in [9.17, 15) is 4.79 Å². The molecule has 0 saturated heterocycles. The van der Waals surface area contributed by atoms with Crippen molar-refractivity contribution in [2.75, 3.05) is 25.1 Å². The molecule has 0 aliphatic carbocycles. The maximum absolute atomic E-state index is 12.8. The lowest BCUT2D eigenvalue weighted by molar-refractivity contribution is 0.0983. The van der Waals surface area contributed by atoms with Crippen LogP contribution < -0.4 is 15.4 Å². The fourth-order valence-corrected chi connectivity index (χ4v) is 2.07. The summed E-state index contributed by atoms with van der Waals surface area (Å²) in [4.78, 5) is 18.5. The molecular formula is C16H19N3O2. The zero-order chi connectivity index (χ0) is 15.1. The van der Waals surface area contributed by atoms with Crippen LogP contribution in [0.2, 0.25) is 0 Å². The van der Waals surface area contributed by atoms with Gasteiger partial charge in [0.15, 0.2) is 0 Å². The van der Waals surface area contributed by atoms with E-state index in [1.54, 1.807) is 23.4 Å². The quantitative estimate of drug-likeness (QED) is 0.882. The predicted molar refractivity (Wildman–Crippen MR) is 82.6 cm³/mol. The van der Waals surface area contributed by atoms with Crippen LogP contribution in [0.25, 0.3) is 0 Å². The van der Waals surface area contributed by atoms with Gasteiger partial charge in [-0.1, -0.05) is 18.2 Å². The van der Waals surface area contributed by atoms with E-state index in [0.717, 1.165) is 12.1 Å². The second-order valence-electron chi connectivity index (χ2n) is 4.51. The van der Waals surface area contributed by atoms with Crippen LogP contribution >= 0.6 is 0 Å². The Labute approximate surface area is 124 Å². The first-order valence-corrected chi connectivity index (χ1v) is 6.83. The van der Waals surface area contributed by atoms with Gasteiger partial charge in [0.25, 0.3) is 5.91 Å². The van der Waals surface area contributed by atoms with E-state index in [4.69, 9.17) is 10.5 Å². The van der Waals surface area contributed by atoms with Crippen molar-refractivity contribution in [2.45, 2.75) is 6.42 Å². The van der Waals surface area contributed by atoms with Gasteiger partial charge in [-0.25, -0.2) is 0 Å². The summed E-state index contributed by atoms with van der Waals surface area (Å²) in [6.07, 6.45) is 3.86. The number of pyridine rings is 1. The van der Waals surface area contributed by atoms with E-state index in [1.165, 1.54) is 7.11 Å². The van der Waals surface area contributed by atoms with Crippen LogP contribution in [0.5, 0.6) is 5.75 Å². The minimum atomic E-state index is -0.117. The number of ether oxygens (including phenoxy) is 1. The van der Waals surface area contributed by atoms with Gasteiger partial charge in [0, 0.05) is 18.4 Å². The maximum atomic E-state index is 12.8. The lowest BCUT2D eigenvalue weighted by Crippen LogP contribution is -2.33. The van der Waals surface area contributed by atoms with Crippen molar-refractivity contribution >= 4 is 11.6 Å². The minimum Gasteiger partial charge on any atom is -0.494 e. The molecule has 0 fully saturated rings. The highest BCUT2D eigenvalue weighted by Gasteiger charge is 2.20. The smallest absolute Gasteiger partial charge is 0.262 e. The minimum absolute atomic E-state index is 0.117. The van der Waals surface area contributed by atoms with Crippen LogP contribution in [0.1, 0.15) is 16.8 Å². The molecule has 2 aromatic rings. The molecule has 1 aromatic heterocycles. The second kappa shape index (κ2) is 7.40. The highest BCUT2D eigenvalue weighted by molar-refractivity contribution is 6.07. The summed E-state index contributed by atoms with van der Waals surface area (Å²) in [5, 5.41) is 0. The number of carbonyl (C=O) groups excluding carboxylic acids is 1. The molecule has 0 atom stereocenters. The molecule has 2 N–H and O–H groups in total. The van der Waals surface area contributed by atoms with Crippen molar-refractivity contribution in [3.63, 3.8) is 0 Å². The van der Waals surface area contributed by atoms with E-state index in [1.807, 2.05) is 30.3 Å². The summed E-state index contributed by atoms with van der Waals surface area (Å²) < 4.78 is 5.22. The lowest BCUT2D eigenvalue weighted by atomic mass is 10.2. The Hall–Kier alpha value is -2.40. The molecule has 110 valence electrons. The van der Waals surface area contributed by atoms with E-state index in [0.29, 0.717) is 24.4 Å². The number of para-hydroxylation sites is 1. The number of anilines is 1. The summed E-state index contributed by atoms with van der Waals surface area (Å²) >= 11 is 0. The Morgan fingerprint density at radius 2 is 2.05 bits per heavy atom. The number of carbonyl (C=O) groups is 1. The van der Waals surface area contributed by atoms with E-state index >= 15 is 0 Å². The normalized spacial score (nSPS) is 10.2. The van der Waals surface area contributed by atoms with Gasteiger partial charge in [0.05, 0.1) is 18.9 Å². The third-order valence-corrected chi connectivity index (χ3v) is 3.13. The Balaban J connectivity index is 2.34. The van der Waals surface area contributed by atoms with Gasteiger partial charge in [-0.3, -0.25) is 9.78 Å². The van der Waals surface area contributed by atoms with Crippen LogP contribution in [-0.4, -0.2) is 31.1 Å².